The van der Waals surface area contributed by atoms with Crippen molar-refractivity contribution in [3.63, 3.8) is 0 Å². The Bertz CT molecular complexity index is 662. The first-order chi connectivity index (χ1) is 12.1. The number of carbonyl (C=O) groups excluding carboxylic acids is 2. The summed E-state index contributed by atoms with van der Waals surface area (Å²) in [6.07, 6.45) is -4.33. The van der Waals surface area contributed by atoms with Crippen LogP contribution in [0.5, 0.6) is 0 Å². The van der Waals surface area contributed by atoms with Gasteiger partial charge in [0.15, 0.2) is 5.78 Å². The zero-order valence-electron chi connectivity index (χ0n) is 15.3. The average molecular weight is 374 g/mol. The van der Waals surface area contributed by atoms with Gasteiger partial charge in [0.05, 0.1) is 6.54 Å². The fourth-order valence-electron chi connectivity index (χ4n) is 3.17. The van der Waals surface area contributed by atoms with E-state index in [1.807, 2.05) is 11.8 Å². The molecule has 146 valence electrons. The van der Waals surface area contributed by atoms with Gasteiger partial charge in [-0.1, -0.05) is 0 Å². The Kier molecular flexibility index (Phi) is 6.33. The first-order valence-corrected chi connectivity index (χ1v) is 8.64. The lowest BCUT2D eigenvalue weighted by atomic mass is 10.1. The Balaban J connectivity index is 1.97. The number of ketones is 1. The molecule has 0 spiro atoms. The lowest BCUT2D eigenvalue weighted by Gasteiger charge is -2.34. The second-order valence-corrected chi connectivity index (χ2v) is 6.51. The third kappa shape index (κ3) is 5.00. The van der Waals surface area contributed by atoms with Crippen molar-refractivity contribution in [2.24, 2.45) is 0 Å². The van der Waals surface area contributed by atoms with Crippen molar-refractivity contribution in [1.29, 1.82) is 0 Å². The molecular weight excluding hydrogens is 349 g/mol. The molecule has 1 fully saturated rings. The number of nitrogens with one attached hydrogen (secondary N) is 1. The van der Waals surface area contributed by atoms with E-state index in [-0.39, 0.29) is 18.4 Å². The predicted molar refractivity (Wildman–Crippen MR) is 91.4 cm³/mol. The SMILES string of the molecule is CCNC(=O)N1CCN(CC(=O)c2cc(C)n(CC(F)(F)F)c2C)CC1. The molecule has 0 saturated carbocycles. The highest BCUT2D eigenvalue weighted by Crippen LogP contribution is 2.23. The number of hydrogen-bond acceptors (Lipinski definition) is 3. The van der Waals surface area contributed by atoms with Crippen LogP contribution in [-0.4, -0.2) is 71.6 Å². The van der Waals surface area contributed by atoms with Crippen LogP contribution in [0.1, 0.15) is 28.7 Å². The lowest BCUT2D eigenvalue weighted by molar-refractivity contribution is -0.141. The molecule has 0 aromatic carbocycles. The molecule has 6 nitrogen and oxygen atoms in total. The number of Topliss-reactive ketones (excluding diaryl/α,β-unsaturated/α-hetero) is 1. The summed E-state index contributed by atoms with van der Waals surface area (Å²) in [6.45, 7) is 6.72. The molecular formula is C17H25F3N4O2. The zero-order chi connectivity index (χ0) is 19.5. The summed E-state index contributed by atoms with van der Waals surface area (Å²) in [5, 5.41) is 2.74. The third-order valence-electron chi connectivity index (χ3n) is 4.57. The van der Waals surface area contributed by atoms with Gasteiger partial charge in [0.2, 0.25) is 0 Å². The van der Waals surface area contributed by atoms with Gasteiger partial charge in [-0.05, 0) is 26.8 Å². The molecule has 1 saturated heterocycles. The Labute approximate surface area is 150 Å². The number of piperazine rings is 1. The molecule has 2 rings (SSSR count). The third-order valence-corrected chi connectivity index (χ3v) is 4.57. The van der Waals surface area contributed by atoms with Crippen LogP contribution in [0.15, 0.2) is 6.07 Å². The van der Waals surface area contributed by atoms with E-state index in [0.29, 0.717) is 49.7 Å². The molecule has 0 unspecified atom stereocenters. The predicted octanol–water partition coefficient (Wildman–Crippen LogP) is 2.20. The van der Waals surface area contributed by atoms with Gasteiger partial charge in [0.25, 0.3) is 0 Å². The van der Waals surface area contributed by atoms with Gasteiger partial charge in [-0.25, -0.2) is 4.79 Å². The van der Waals surface area contributed by atoms with Crippen molar-refractivity contribution in [2.45, 2.75) is 33.5 Å². The van der Waals surface area contributed by atoms with E-state index in [4.69, 9.17) is 0 Å². The van der Waals surface area contributed by atoms with E-state index in [2.05, 4.69) is 5.32 Å². The van der Waals surface area contributed by atoms with Crippen molar-refractivity contribution in [2.75, 3.05) is 39.3 Å². The Morgan fingerprint density at radius 1 is 1.15 bits per heavy atom. The van der Waals surface area contributed by atoms with E-state index in [9.17, 15) is 22.8 Å². The number of urea groups is 1. The van der Waals surface area contributed by atoms with Crippen LogP contribution in [0.2, 0.25) is 0 Å². The van der Waals surface area contributed by atoms with Crippen molar-refractivity contribution in [3.05, 3.63) is 23.0 Å². The maximum atomic E-state index is 12.7. The van der Waals surface area contributed by atoms with Crippen molar-refractivity contribution < 1.29 is 22.8 Å². The highest BCUT2D eigenvalue weighted by atomic mass is 19.4. The summed E-state index contributed by atoms with van der Waals surface area (Å²) < 4.78 is 39.2. The van der Waals surface area contributed by atoms with E-state index < -0.39 is 12.7 Å². The molecule has 2 amide bonds. The number of alkyl halides is 3. The molecule has 1 aliphatic heterocycles. The fraction of sp³-hybridized carbons (Fsp3) is 0.647. The molecule has 1 aromatic heterocycles. The van der Waals surface area contributed by atoms with Gasteiger partial charge >= 0.3 is 12.2 Å². The fourth-order valence-corrected chi connectivity index (χ4v) is 3.17. The highest BCUT2D eigenvalue weighted by Gasteiger charge is 2.30. The monoisotopic (exact) mass is 374 g/mol. The quantitative estimate of drug-likeness (QED) is 0.804. The van der Waals surface area contributed by atoms with Gasteiger partial charge in [0, 0.05) is 49.7 Å². The van der Waals surface area contributed by atoms with Gasteiger partial charge in [-0.2, -0.15) is 13.2 Å². The molecule has 0 radical (unpaired) electrons. The molecule has 2 heterocycles. The zero-order valence-corrected chi connectivity index (χ0v) is 15.3. The van der Waals surface area contributed by atoms with Gasteiger partial charge in [-0.3, -0.25) is 9.69 Å². The summed E-state index contributed by atoms with van der Waals surface area (Å²) >= 11 is 0. The van der Waals surface area contributed by atoms with E-state index in [0.717, 1.165) is 4.57 Å². The first kappa shape index (κ1) is 20.3. The standard InChI is InChI=1S/C17H25F3N4O2/c1-4-21-16(26)23-7-5-22(6-8-23)10-15(25)14-9-12(2)24(13(14)3)11-17(18,19)20/h9H,4-8,10-11H2,1-3H3,(H,21,26). The van der Waals surface area contributed by atoms with Gasteiger partial charge < -0.3 is 14.8 Å². The summed E-state index contributed by atoms with van der Waals surface area (Å²) in [5.41, 5.74) is 1.09. The summed E-state index contributed by atoms with van der Waals surface area (Å²) in [5.74, 6) is -0.196. The summed E-state index contributed by atoms with van der Waals surface area (Å²) in [4.78, 5) is 28.0. The minimum atomic E-state index is -4.33. The minimum absolute atomic E-state index is 0.117. The van der Waals surface area contributed by atoms with Gasteiger partial charge in [-0.15, -0.1) is 0 Å². The Morgan fingerprint density at radius 2 is 1.77 bits per heavy atom. The van der Waals surface area contributed by atoms with E-state index in [1.165, 1.54) is 6.07 Å². The molecule has 1 aromatic rings. The second kappa shape index (κ2) is 8.11. The van der Waals surface area contributed by atoms with Crippen molar-refractivity contribution in [1.82, 2.24) is 19.7 Å². The second-order valence-electron chi connectivity index (χ2n) is 6.51. The smallest absolute Gasteiger partial charge is 0.339 e. The first-order valence-electron chi connectivity index (χ1n) is 8.64. The number of rotatable bonds is 5. The largest absolute Gasteiger partial charge is 0.406 e. The Hall–Kier alpha value is -2.03. The number of halogens is 3. The number of nitrogens with zero attached hydrogens (tertiary/aromatic N) is 3. The topological polar surface area (TPSA) is 57.6 Å². The Morgan fingerprint density at radius 3 is 2.31 bits per heavy atom. The molecule has 1 N–H and O–H groups in total. The number of amides is 2. The molecule has 1 aliphatic rings. The van der Waals surface area contributed by atoms with E-state index in [1.54, 1.807) is 18.7 Å². The summed E-state index contributed by atoms with van der Waals surface area (Å²) in [6, 6.07) is 1.41. The van der Waals surface area contributed by atoms with Gasteiger partial charge in [0.1, 0.15) is 6.54 Å². The molecule has 26 heavy (non-hydrogen) atoms. The maximum absolute atomic E-state index is 12.7. The molecule has 0 bridgehead atoms. The number of aryl methyl sites for hydroxylation is 1. The summed E-state index contributed by atoms with van der Waals surface area (Å²) in [7, 11) is 0. The van der Waals surface area contributed by atoms with Crippen LogP contribution >= 0.6 is 0 Å². The van der Waals surface area contributed by atoms with Crippen molar-refractivity contribution >= 4 is 11.8 Å². The average Bonchev–Trinajstić information content (AvgIpc) is 2.82. The van der Waals surface area contributed by atoms with Crippen LogP contribution in [-0.2, 0) is 6.54 Å². The van der Waals surface area contributed by atoms with Crippen LogP contribution in [0.3, 0.4) is 0 Å². The van der Waals surface area contributed by atoms with Crippen LogP contribution in [0, 0.1) is 13.8 Å². The number of hydrogen-bond donors (Lipinski definition) is 1. The normalized spacial score (nSPS) is 16.0. The molecule has 0 aliphatic carbocycles. The maximum Gasteiger partial charge on any atom is 0.406 e. The van der Waals surface area contributed by atoms with E-state index >= 15 is 0 Å². The lowest BCUT2D eigenvalue weighted by Crippen LogP contribution is -2.52. The van der Waals surface area contributed by atoms with Crippen LogP contribution in [0.4, 0.5) is 18.0 Å². The molecule has 9 heteroatoms. The molecule has 0 atom stereocenters. The van der Waals surface area contributed by atoms with Crippen LogP contribution < -0.4 is 5.32 Å². The minimum Gasteiger partial charge on any atom is -0.339 e. The highest BCUT2D eigenvalue weighted by molar-refractivity contribution is 5.99. The number of carbonyl (C=O) groups is 2. The van der Waals surface area contributed by atoms with Crippen LogP contribution in [0.25, 0.3) is 0 Å². The number of aromatic nitrogens is 1. The van der Waals surface area contributed by atoms with Crippen molar-refractivity contribution in [3.8, 4) is 0 Å².